The molecule has 0 amide bonds. The molecule has 7 aromatic carbocycles. The number of rotatable bonds is 9. The number of para-hydroxylation sites is 2. The van der Waals surface area contributed by atoms with Gasteiger partial charge in [0.05, 0.1) is 0 Å². The van der Waals surface area contributed by atoms with E-state index in [9.17, 15) is 0 Å². The largest absolute Gasteiger partial charge is 0.509 e. The average Bonchev–Trinajstić information content (AvgIpc) is 3.89. The molecule has 0 atom stereocenters. The number of aromatic nitrogens is 2. The monoisotopic (exact) mass is 1130 g/mol. The first kappa shape index (κ1) is 50.5. The smallest absolute Gasteiger partial charge is 0.135 e. The van der Waals surface area contributed by atoms with E-state index in [1.54, 1.807) is 0 Å². The molecule has 2 aromatic heterocycles. The van der Waals surface area contributed by atoms with Gasteiger partial charge < -0.3 is 19.1 Å². The molecule has 0 saturated heterocycles. The Morgan fingerprint density at radius 1 is 0.444 bits per heavy atom. The van der Waals surface area contributed by atoms with Crippen LogP contribution in [0.25, 0.3) is 27.6 Å². The van der Waals surface area contributed by atoms with Gasteiger partial charge in [-0.3, -0.25) is 0 Å². The van der Waals surface area contributed by atoms with E-state index in [1.807, 2.05) is 24.4 Å². The third kappa shape index (κ3) is 9.42. The van der Waals surface area contributed by atoms with E-state index in [0.717, 1.165) is 50.4 Å². The molecule has 10 rings (SSSR count). The molecule has 9 aromatic rings. The maximum Gasteiger partial charge on any atom is 0.135 e. The molecule has 72 heavy (non-hydrogen) atoms. The predicted octanol–water partition coefficient (Wildman–Crippen LogP) is 17.5. The molecule has 0 bridgehead atoms. The Hall–Kier alpha value is -6.42. The number of ether oxygens (including phenoxy) is 1. The number of fused-ring (bicyclic) bond motifs is 4. The summed E-state index contributed by atoms with van der Waals surface area (Å²) >= 11 is 0. The predicted molar refractivity (Wildman–Crippen MR) is 297 cm³/mol. The topological polar surface area (TPSA) is 33.5 Å². The fourth-order valence-corrected chi connectivity index (χ4v) is 10.00. The Balaban J connectivity index is 0.00000640. The maximum absolute atomic E-state index is 6.79. The first-order valence-electron chi connectivity index (χ1n) is 25.1. The molecule has 0 N–H and O–H groups in total. The first-order chi connectivity index (χ1) is 33.6. The van der Waals surface area contributed by atoms with Crippen molar-refractivity contribution < 1.29 is 25.8 Å². The second-order valence-electron chi connectivity index (χ2n) is 23.6. The van der Waals surface area contributed by atoms with Gasteiger partial charge in [0.1, 0.15) is 5.82 Å². The van der Waals surface area contributed by atoms with Crippen LogP contribution in [-0.2, 0) is 48.1 Å². The zero-order valence-corrected chi connectivity index (χ0v) is 46.5. The van der Waals surface area contributed by atoms with Crippen LogP contribution in [0.4, 0.5) is 22.7 Å². The Kier molecular flexibility index (Phi) is 13.0. The molecule has 0 aliphatic carbocycles. The Morgan fingerprint density at radius 3 is 1.64 bits per heavy atom. The van der Waals surface area contributed by atoms with Gasteiger partial charge in [0, 0.05) is 72.2 Å². The molecule has 6 heteroatoms. The molecule has 0 spiro atoms. The minimum absolute atomic E-state index is 0. The average molecular weight is 1130 g/mol. The van der Waals surface area contributed by atoms with Crippen molar-refractivity contribution in [2.75, 3.05) is 9.80 Å². The van der Waals surface area contributed by atoms with Crippen molar-refractivity contribution >= 4 is 44.6 Å². The van der Waals surface area contributed by atoms with Crippen molar-refractivity contribution in [3.8, 4) is 17.3 Å². The molecule has 0 saturated carbocycles. The van der Waals surface area contributed by atoms with Gasteiger partial charge in [-0.2, -0.15) is 12.1 Å². The molecular formula is C66H67N4OPt-3. The fraction of sp³-hybridized carbons (Fsp3) is 0.273. The van der Waals surface area contributed by atoms with Crippen LogP contribution >= 0.6 is 0 Å². The van der Waals surface area contributed by atoms with Crippen molar-refractivity contribution in [3.63, 3.8) is 0 Å². The minimum atomic E-state index is -0.283. The van der Waals surface area contributed by atoms with Crippen LogP contribution in [-0.4, -0.2) is 9.55 Å². The Bertz CT molecular complexity index is 3400. The van der Waals surface area contributed by atoms with E-state index in [-0.39, 0.29) is 48.1 Å². The van der Waals surface area contributed by atoms with E-state index in [4.69, 9.17) is 9.72 Å². The van der Waals surface area contributed by atoms with Crippen molar-refractivity contribution in [2.24, 2.45) is 0 Å². The number of hydrogen-bond acceptors (Lipinski definition) is 4. The van der Waals surface area contributed by atoms with Gasteiger partial charge in [-0.1, -0.05) is 180 Å². The van der Waals surface area contributed by atoms with Crippen LogP contribution in [0, 0.1) is 18.8 Å². The summed E-state index contributed by atoms with van der Waals surface area (Å²) in [4.78, 5) is 9.60. The van der Waals surface area contributed by atoms with Crippen molar-refractivity contribution in [1.82, 2.24) is 9.55 Å². The van der Waals surface area contributed by atoms with Crippen molar-refractivity contribution in [2.45, 2.75) is 117 Å². The standard InChI is InChI=1S/C66H67N4O.Pt/c1-62(2,3)44-26-28-46(29-27-44)66(12,13)48-34-35-67-61(40-48)70-57-33-30-47(65(10,11)45-20-15-14-16-21-45)39-56(57)55-32-31-54(42-60(55)70)71-53-23-19-22-51(41-53)68-43-69(59-25-18-17-24-58(59)68)52-37-49(63(4,5)6)36-50(38-52)64(7,8)9;/h14-40,43H,1-13H3;/q-3;. The van der Waals surface area contributed by atoms with Gasteiger partial charge in [-0.15, -0.1) is 48.1 Å². The molecule has 1 aliphatic heterocycles. The molecule has 1 aliphatic rings. The van der Waals surface area contributed by atoms with Gasteiger partial charge >= 0.3 is 0 Å². The van der Waals surface area contributed by atoms with E-state index in [0.29, 0.717) is 11.5 Å². The number of nitrogens with zero attached hydrogens (tertiary/aromatic N) is 4. The van der Waals surface area contributed by atoms with E-state index in [2.05, 4.69) is 263 Å². The fourth-order valence-electron chi connectivity index (χ4n) is 10.00. The van der Waals surface area contributed by atoms with Gasteiger partial charge in [-0.05, 0) is 103 Å². The van der Waals surface area contributed by atoms with Gasteiger partial charge in [0.15, 0.2) is 0 Å². The Labute approximate surface area is 443 Å². The molecule has 5 nitrogen and oxygen atoms in total. The molecule has 3 heterocycles. The van der Waals surface area contributed by atoms with Crippen LogP contribution in [0.15, 0.2) is 164 Å². The SMILES string of the molecule is CC(C)(C)c1ccc(C(C)(C)c2ccnc(-n3c4[c-]c(Oc5[c-]c(N6[CH-]N(c7cc(C(C)(C)C)cc(C(C)(C)C)c7)c7ccccc76)ccc5)ccc4c4cc(C(C)(C)c5ccccc5)ccc43)c2)cc1.[Pt]. The summed E-state index contributed by atoms with van der Waals surface area (Å²) < 4.78 is 9.04. The summed E-state index contributed by atoms with van der Waals surface area (Å²) in [6, 6.07) is 64.5. The minimum Gasteiger partial charge on any atom is -0.509 e. The van der Waals surface area contributed by atoms with Crippen LogP contribution in [0.1, 0.15) is 129 Å². The molecule has 0 unspecified atom stereocenters. The summed E-state index contributed by atoms with van der Waals surface area (Å²) in [7, 11) is 0. The summed E-state index contributed by atoms with van der Waals surface area (Å²) in [5.41, 5.74) is 14.6. The normalized spacial score (nSPS) is 13.4. The van der Waals surface area contributed by atoms with Crippen LogP contribution in [0.2, 0.25) is 0 Å². The zero-order chi connectivity index (χ0) is 50.3. The quantitative estimate of drug-likeness (QED) is 0.135. The van der Waals surface area contributed by atoms with Gasteiger partial charge in [0.2, 0.25) is 0 Å². The third-order valence-electron chi connectivity index (χ3n) is 14.8. The second kappa shape index (κ2) is 18.6. The summed E-state index contributed by atoms with van der Waals surface area (Å²) in [6.07, 6.45) is 1.95. The molecule has 0 radical (unpaired) electrons. The number of pyridine rings is 1. The summed E-state index contributed by atoms with van der Waals surface area (Å²) in [6.45, 7) is 31.9. The number of benzene rings is 7. The molecule has 0 fully saturated rings. The van der Waals surface area contributed by atoms with Gasteiger partial charge in [-0.25, -0.2) is 4.98 Å². The Morgan fingerprint density at radius 2 is 1.00 bits per heavy atom. The number of anilines is 4. The van der Waals surface area contributed by atoms with E-state index < -0.39 is 0 Å². The number of hydrogen-bond donors (Lipinski definition) is 0. The van der Waals surface area contributed by atoms with Crippen molar-refractivity contribution in [1.29, 1.82) is 0 Å². The maximum atomic E-state index is 6.79. The first-order valence-corrected chi connectivity index (χ1v) is 25.1. The van der Waals surface area contributed by atoms with E-state index in [1.165, 1.54) is 38.9 Å². The molecular weight excluding hydrogens is 1060 g/mol. The third-order valence-corrected chi connectivity index (χ3v) is 14.8. The van der Waals surface area contributed by atoms with Crippen molar-refractivity contribution in [3.05, 3.63) is 222 Å². The van der Waals surface area contributed by atoms with E-state index >= 15 is 0 Å². The van der Waals surface area contributed by atoms with Crippen LogP contribution in [0.3, 0.4) is 0 Å². The second-order valence-corrected chi connectivity index (χ2v) is 23.6. The van der Waals surface area contributed by atoms with Crippen LogP contribution in [0.5, 0.6) is 11.5 Å². The zero-order valence-electron chi connectivity index (χ0n) is 44.2. The van der Waals surface area contributed by atoms with Crippen LogP contribution < -0.4 is 14.5 Å². The summed E-state index contributed by atoms with van der Waals surface area (Å²) in [5, 5.41) is 2.21. The van der Waals surface area contributed by atoms with Gasteiger partial charge in [0.25, 0.3) is 0 Å². The summed E-state index contributed by atoms with van der Waals surface area (Å²) in [5.74, 6) is 2.02. The molecule has 370 valence electrons.